The van der Waals surface area contributed by atoms with Gasteiger partial charge in [-0.3, -0.25) is 4.79 Å². The number of rotatable bonds is 5. The van der Waals surface area contributed by atoms with Crippen molar-refractivity contribution < 1.29 is 41.3 Å². The number of alkyl halides is 3. The van der Waals surface area contributed by atoms with Gasteiger partial charge in [0.2, 0.25) is 10.0 Å². The Labute approximate surface area is 181 Å². The molecule has 2 aromatic rings. The van der Waals surface area contributed by atoms with Crippen molar-refractivity contribution >= 4 is 16.0 Å². The number of carboxylic acids is 1. The number of hydrogen-bond donors (Lipinski definition) is 3. The van der Waals surface area contributed by atoms with Crippen LogP contribution < -0.4 is 9.46 Å². The zero-order valence-corrected chi connectivity index (χ0v) is 17.5. The van der Waals surface area contributed by atoms with E-state index >= 15 is 0 Å². The first-order valence-electron chi connectivity index (χ1n) is 9.80. The molecule has 32 heavy (non-hydrogen) atoms. The number of para-hydroxylation sites is 1. The van der Waals surface area contributed by atoms with Crippen LogP contribution in [0, 0.1) is 0 Å². The van der Waals surface area contributed by atoms with Crippen molar-refractivity contribution in [2.75, 3.05) is 0 Å². The van der Waals surface area contributed by atoms with E-state index in [0.29, 0.717) is 29.0 Å². The molecule has 5 atom stereocenters. The third kappa shape index (κ3) is 3.84. The molecule has 11 heteroatoms. The number of carboxylic acid groups (broad SMARTS) is 1. The van der Waals surface area contributed by atoms with Crippen LogP contribution in [0.25, 0.3) is 0 Å². The summed E-state index contributed by atoms with van der Waals surface area (Å²) in [5, 5.41) is 19.9. The van der Waals surface area contributed by atoms with Crippen LogP contribution in [0.2, 0.25) is 0 Å². The van der Waals surface area contributed by atoms with E-state index in [-0.39, 0.29) is 11.3 Å². The first-order valence-corrected chi connectivity index (χ1v) is 11.3. The maximum Gasteiger partial charge on any atom is 0.416 e. The van der Waals surface area contributed by atoms with Gasteiger partial charge in [-0.15, -0.1) is 0 Å². The minimum absolute atomic E-state index is 0.112. The monoisotopic (exact) mass is 471 g/mol. The smallest absolute Gasteiger partial charge is 0.416 e. The highest BCUT2D eigenvalue weighted by Gasteiger charge is 2.51. The molecule has 0 amide bonds. The zero-order valence-electron chi connectivity index (χ0n) is 16.7. The van der Waals surface area contributed by atoms with E-state index < -0.39 is 57.8 Å². The van der Waals surface area contributed by atoms with Crippen LogP contribution in [0.1, 0.15) is 41.9 Å². The van der Waals surface area contributed by atoms with Crippen molar-refractivity contribution in [3.8, 4) is 5.75 Å². The van der Waals surface area contributed by atoms with E-state index in [2.05, 4.69) is 4.72 Å². The predicted octanol–water partition coefficient (Wildman–Crippen LogP) is 2.85. The van der Waals surface area contributed by atoms with Gasteiger partial charge in [-0.1, -0.05) is 18.2 Å². The Balaban J connectivity index is 1.64. The number of nitrogens with one attached hydrogen (secondary N) is 1. The highest BCUT2D eigenvalue weighted by atomic mass is 32.2. The number of sulfonamides is 1. The lowest BCUT2D eigenvalue weighted by Gasteiger charge is -2.22. The molecule has 0 aromatic heterocycles. The molecule has 2 aliphatic rings. The summed E-state index contributed by atoms with van der Waals surface area (Å²) >= 11 is 0. The van der Waals surface area contributed by atoms with Crippen LogP contribution in [0.5, 0.6) is 5.75 Å². The number of ether oxygens (including phenoxy) is 1. The van der Waals surface area contributed by atoms with Crippen LogP contribution in [0.4, 0.5) is 13.2 Å². The predicted molar refractivity (Wildman–Crippen MR) is 106 cm³/mol. The molecule has 1 fully saturated rings. The van der Waals surface area contributed by atoms with Crippen molar-refractivity contribution in [2.45, 2.75) is 54.5 Å². The Morgan fingerprint density at radius 1 is 1.19 bits per heavy atom. The van der Waals surface area contributed by atoms with Gasteiger partial charge < -0.3 is 14.9 Å². The summed E-state index contributed by atoms with van der Waals surface area (Å²) in [5.41, 5.74) is 0.0520. The fraction of sp³-hybridized carbons (Fsp3) is 0.381. The second kappa shape index (κ2) is 7.75. The number of carbonyl (C=O) groups is 1. The fourth-order valence-electron chi connectivity index (χ4n) is 4.34. The Kier molecular flexibility index (Phi) is 5.46. The molecule has 4 rings (SSSR count). The fourth-order valence-corrected chi connectivity index (χ4v) is 5.63. The maximum atomic E-state index is 12.8. The molecule has 7 nitrogen and oxygen atoms in total. The second-order valence-electron chi connectivity index (χ2n) is 7.98. The number of fused-ring (bicyclic) bond motifs is 3. The zero-order chi connectivity index (χ0) is 23.4. The topological polar surface area (TPSA) is 113 Å². The van der Waals surface area contributed by atoms with Crippen molar-refractivity contribution in [1.29, 1.82) is 0 Å². The summed E-state index contributed by atoms with van der Waals surface area (Å²) in [7, 11) is -4.25. The van der Waals surface area contributed by atoms with Crippen LogP contribution in [-0.4, -0.2) is 42.8 Å². The van der Waals surface area contributed by atoms with Crippen LogP contribution >= 0.6 is 0 Å². The lowest BCUT2D eigenvalue weighted by Crippen LogP contribution is -2.43. The quantitative estimate of drug-likeness (QED) is 0.618. The molecule has 1 saturated carbocycles. The molecule has 0 spiro atoms. The number of aliphatic hydroxyl groups is 1. The van der Waals surface area contributed by atoms with Gasteiger partial charge in [-0.2, -0.15) is 13.2 Å². The number of hydrogen-bond acceptors (Lipinski definition) is 5. The van der Waals surface area contributed by atoms with Crippen LogP contribution in [-0.2, 0) is 21.0 Å². The van der Waals surface area contributed by atoms with E-state index in [4.69, 9.17) is 4.74 Å². The molecule has 172 valence electrons. The van der Waals surface area contributed by atoms with Crippen molar-refractivity contribution in [3.63, 3.8) is 0 Å². The summed E-state index contributed by atoms with van der Waals surface area (Å²) in [4.78, 5) is 11.1. The number of aliphatic hydroxyl groups excluding tert-OH is 1. The van der Waals surface area contributed by atoms with Gasteiger partial charge in [-0.25, -0.2) is 13.1 Å². The van der Waals surface area contributed by atoms with Gasteiger partial charge >= 0.3 is 12.1 Å². The SMILES string of the molecule is CC(C(=O)O)c1cccc2c1OC1CC(O)C(NS(=O)(=O)c3ccc(C(F)(F)F)cc3)C21. The van der Waals surface area contributed by atoms with E-state index in [9.17, 15) is 36.6 Å². The summed E-state index contributed by atoms with van der Waals surface area (Å²) in [6.07, 6.45) is -6.15. The molecule has 2 aromatic carbocycles. The minimum atomic E-state index is -4.60. The summed E-state index contributed by atoms with van der Waals surface area (Å²) in [6.45, 7) is 1.51. The lowest BCUT2D eigenvalue weighted by atomic mass is 9.90. The molecule has 1 aliphatic carbocycles. The molecule has 3 N–H and O–H groups in total. The van der Waals surface area contributed by atoms with Gasteiger partial charge in [0.1, 0.15) is 11.9 Å². The molecule has 1 aliphatic heterocycles. The Morgan fingerprint density at radius 3 is 2.44 bits per heavy atom. The molecule has 1 heterocycles. The van der Waals surface area contributed by atoms with E-state index in [1.54, 1.807) is 18.2 Å². The van der Waals surface area contributed by atoms with E-state index in [0.717, 1.165) is 12.1 Å². The standard InChI is InChI=1S/C21H20F3NO6S/c1-10(20(27)28)13-3-2-4-14-17-16(31-19(13)14)9-15(26)18(17)25-32(29,30)12-7-5-11(6-8-12)21(22,23)24/h2-8,10,15-18,25-26H,9H2,1H3,(H,27,28). The minimum Gasteiger partial charge on any atom is -0.489 e. The summed E-state index contributed by atoms with van der Waals surface area (Å²) < 4.78 is 72.3. The summed E-state index contributed by atoms with van der Waals surface area (Å²) in [6, 6.07) is 7.03. The first-order chi connectivity index (χ1) is 14.9. The van der Waals surface area contributed by atoms with E-state index in [1.807, 2.05) is 0 Å². The van der Waals surface area contributed by atoms with Crippen LogP contribution in [0.3, 0.4) is 0 Å². The average molecular weight is 471 g/mol. The maximum absolute atomic E-state index is 12.8. The molecular formula is C21H20F3NO6S. The Hall–Kier alpha value is -2.63. The number of halogens is 3. The number of aliphatic carboxylic acids is 1. The van der Waals surface area contributed by atoms with Crippen molar-refractivity contribution in [2.24, 2.45) is 0 Å². The van der Waals surface area contributed by atoms with Gasteiger partial charge in [0, 0.05) is 23.5 Å². The van der Waals surface area contributed by atoms with Gasteiger partial charge in [0.15, 0.2) is 0 Å². The van der Waals surface area contributed by atoms with Crippen molar-refractivity contribution in [3.05, 3.63) is 59.2 Å². The number of benzene rings is 2. The normalized spacial score (nSPS) is 25.7. The third-order valence-electron chi connectivity index (χ3n) is 6.00. The highest BCUT2D eigenvalue weighted by Crippen LogP contribution is 2.50. The molecule has 0 radical (unpaired) electrons. The highest BCUT2D eigenvalue weighted by molar-refractivity contribution is 7.89. The van der Waals surface area contributed by atoms with Gasteiger partial charge in [0.05, 0.1) is 28.5 Å². The molecule has 0 saturated heterocycles. The van der Waals surface area contributed by atoms with E-state index in [1.165, 1.54) is 6.92 Å². The summed E-state index contributed by atoms with van der Waals surface area (Å²) in [5.74, 6) is -2.11. The molecular weight excluding hydrogens is 451 g/mol. The molecule has 5 unspecified atom stereocenters. The van der Waals surface area contributed by atoms with Crippen LogP contribution in [0.15, 0.2) is 47.4 Å². The third-order valence-corrected chi connectivity index (χ3v) is 7.48. The lowest BCUT2D eigenvalue weighted by molar-refractivity contribution is -0.139. The Bertz CT molecular complexity index is 1150. The average Bonchev–Trinajstić information content (AvgIpc) is 3.22. The Morgan fingerprint density at radius 2 is 1.84 bits per heavy atom. The largest absolute Gasteiger partial charge is 0.489 e. The second-order valence-corrected chi connectivity index (χ2v) is 9.69. The van der Waals surface area contributed by atoms with Crippen molar-refractivity contribution in [1.82, 2.24) is 4.72 Å². The first kappa shape index (κ1) is 22.6. The van der Waals surface area contributed by atoms with Gasteiger partial charge in [0.25, 0.3) is 0 Å². The molecule has 0 bridgehead atoms. The van der Waals surface area contributed by atoms with Gasteiger partial charge in [-0.05, 0) is 31.2 Å².